The Morgan fingerprint density at radius 3 is 2.58 bits per heavy atom. The summed E-state index contributed by atoms with van der Waals surface area (Å²) < 4.78 is 50.2. The number of thioether (sulfide) groups is 1. The average molecular weight is 449 g/mol. The minimum Gasteiger partial charge on any atom is -0.488 e. The lowest BCUT2D eigenvalue weighted by molar-refractivity contribution is -0.135. The molecule has 1 fully saturated rings. The van der Waals surface area contributed by atoms with Gasteiger partial charge in [0.05, 0.1) is 18.2 Å². The molecule has 2 aromatic carbocycles. The predicted molar refractivity (Wildman–Crippen MR) is 108 cm³/mol. The summed E-state index contributed by atoms with van der Waals surface area (Å²) in [5.74, 6) is -3.24. The number of esters is 1. The summed E-state index contributed by atoms with van der Waals surface area (Å²) in [5, 5.41) is 10.2. The van der Waals surface area contributed by atoms with E-state index in [1.54, 1.807) is 0 Å². The van der Waals surface area contributed by atoms with Crippen LogP contribution in [0, 0.1) is 17.5 Å². The molecule has 1 saturated heterocycles. The highest BCUT2D eigenvalue weighted by atomic mass is 32.2. The fourth-order valence-corrected chi connectivity index (χ4v) is 3.12. The molecule has 0 aliphatic carbocycles. The van der Waals surface area contributed by atoms with Crippen molar-refractivity contribution in [3.8, 4) is 5.75 Å². The van der Waals surface area contributed by atoms with Crippen molar-refractivity contribution in [3.63, 3.8) is 0 Å². The van der Waals surface area contributed by atoms with Crippen LogP contribution in [-0.4, -0.2) is 30.4 Å². The van der Waals surface area contributed by atoms with Crippen molar-refractivity contribution in [3.05, 3.63) is 76.0 Å². The molecular weight excluding hydrogens is 435 g/mol. The van der Waals surface area contributed by atoms with Crippen LogP contribution in [0.25, 0.3) is 0 Å². The molecule has 1 aliphatic heterocycles. The number of halogens is 3. The highest BCUT2D eigenvalue weighted by Crippen LogP contribution is 2.24. The molecule has 1 heterocycles. The Kier molecular flexibility index (Phi) is 7.08. The van der Waals surface area contributed by atoms with E-state index in [9.17, 15) is 22.8 Å². The van der Waals surface area contributed by atoms with Crippen LogP contribution in [0.15, 0.2) is 57.6 Å². The normalized spacial score (nSPS) is 16.2. The number of hydrogen-bond donors (Lipinski definition) is 1. The Hall–Kier alpha value is -3.60. The molecule has 0 saturated carbocycles. The SMILES string of the molecule is COC(=O)/C=C1/S/C(=N\N=Cc2ccc(F)cc2OCc2cc(F)cc(F)c2)NC1=O. The molecule has 31 heavy (non-hydrogen) atoms. The minimum absolute atomic E-state index is 0.0722. The van der Waals surface area contributed by atoms with E-state index in [-0.39, 0.29) is 28.0 Å². The number of carbonyl (C=O) groups excluding carboxylic acids is 2. The van der Waals surface area contributed by atoms with Crippen LogP contribution in [0.1, 0.15) is 11.1 Å². The van der Waals surface area contributed by atoms with Crippen LogP contribution < -0.4 is 10.1 Å². The Morgan fingerprint density at radius 1 is 1.13 bits per heavy atom. The molecule has 160 valence electrons. The van der Waals surface area contributed by atoms with Crippen molar-refractivity contribution < 1.29 is 32.2 Å². The zero-order chi connectivity index (χ0) is 22.4. The number of carbonyl (C=O) groups is 2. The number of hydrogen-bond acceptors (Lipinski definition) is 7. The van der Waals surface area contributed by atoms with Crippen LogP contribution in [0.5, 0.6) is 5.75 Å². The van der Waals surface area contributed by atoms with Gasteiger partial charge in [0.25, 0.3) is 5.91 Å². The lowest BCUT2D eigenvalue weighted by Gasteiger charge is -2.09. The van der Waals surface area contributed by atoms with Gasteiger partial charge < -0.3 is 9.47 Å². The fourth-order valence-electron chi connectivity index (χ4n) is 2.38. The first-order valence-electron chi connectivity index (χ1n) is 8.61. The van der Waals surface area contributed by atoms with Gasteiger partial charge in [-0.2, -0.15) is 5.10 Å². The smallest absolute Gasteiger partial charge is 0.331 e. The lowest BCUT2D eigenvalue weighted by atomic mass is 10.2. The summed E-state index contributed by atoms with van der Waals surface area (Å²) in [5.41, 5.74) is 0.558. The number of amidine groups is 1. The molecule has 0 atom stereocenters. The molecular formula is C20H14F3N3O4S. The number of rotatable bonds is 6. The first-order chi connectivity index (χ1) is 14.8. The van der Waals surface area contributed by atoms with E-state index in [4.69, 9.17) is 4.74 Å². The molecule has 0 unspecified atom stereocenters. The number of nitrogens with zero attached hydrogens (tertiary/aromatic N) is 2. The number of ether oxygens (including phenoxy) is 2. The van der Waals surface area contributed by atoms with Crippen LogP contribution in [0.3, 0.4) is 0 Å². The lowest BCUT2D eigenvalue weighted by Crippen LogP contribution is -2.19. The van der Waals surface area contributed by atoms with Gasteiger partial charge in [-0.1, -0.05) is 0 Å². The van der Waals surface area contributed by atoms with E-state index in [2.05, 4.69) is 20.3 Å². The summed E-state index contributed by atoms with van der Waals surface area (Å²) in [4.78, 5) is 23.1. The molecule has 0 radical (unpaired) electrons. The predicted octanol–water partition coefficient (Wildman–Crippen LogP) is 3.29. The average Bonchev–Trinajstić information content (AvgIpc) is 3.06. The summed E-state index contributed by atoms with van der Waals surface area (Å²) >= 11 is 0.888. The third-order valence-corrected chi connectivity index (χ3v) is 4.64. The maximum atomic E-state index is 13.6. The summed E-state index contributed by atoms with van der Waals surface area (Å²) in [6.07, 6.45) is 2.27. The van der Waals surface area contributed by atoms with Crippen LogP contribution in [-0.2, 0) is 20.9 Å². The highest BCUT2D eigenvalue weighted by molar-refractivity contribution is 8.18. The summed E-state index contributed by atoms with van der Waals surface area (Å²) in [6.45, 7) is -0.207. The minimum atomic E-state index is -0.757. The van der Waals surface area contributed by atoms with E-state index < -0.39 is 29.3 Å². The van der Waals surface area contributed by atoms with E-state index in [0.29, 0.717) is 5.56 Å². The van der Waals surface area contributed by atoms with Crippen molar-refractivity contribution in [2.24, 2.45) is 10.2 Å². The molecule has 0 aromatic heterocycles. The van der Waals surface area contributed by atoms with Gasteiger partial charge in [-0.3, -0.25) is 10.1 Å². The Bertz CT molecular complexity index is 1100. The molecule has 3 rings (SSSR count). The van der Waals surface area contributed by atoms with E-state index in [1.165, 1.54) is 25.5 Å². The van der Waals surface area contributed by atoms with Crippen molar-refractivity contribution >= 4 is 35.0 Å². The second-order valence-electron chi connectivity index (χ2n) is 5.99. The monoisotopic (exact) mass is 449 g/mol. The van der Waals surface area contributed by atoms with Gasteiger partial charge in [0.2, 0.25) is 0 Å². The first kappa shape index (κ1) is 22.1. The molecule has 11 heteroatoms. The van der Waals surface area contributed by atoms with Crippen molar-refractivity contribution in [2.75, 3.05) is 7.11 Å². The van der Waals surface area contributed by atoms with Crippen LogP contribution >= 0.6 is 11.8 Å². The Morgan fingerprint density at radius 2 is 1.87 bits per heavy atom. The van der Waals surface area contributed by atoms with Gasteiger partial charge in [-0.05, 0) is 41.6 Å². The number of benzene rings is 2. The molecule has 7 nitrogen and oxygen atoms in total. The number of amides is 1. The van der Waals surface area contributed by atoms with Crippen LogP contribution in [0.2, 0.25) is 0 Å². The summed E-state index contributed by atoms with van der Waals surface area (Å²) in [7, 11) is 1.18. The van der Waals surface area contributed by atoms with Gasteiger partial charge in [0.1, 0.15) is 29.8 Å². The quantitative estimate of drug-likeness (QED) is 0.316. The van der Waals surface area contributed by atoms with E-state index in [1.807, 2.05) is 0 Å². The number of nitrogens with one attached hydrogen (secondary N) is 1. The maximum Gasteiger partial charge on any atom is 0.331 e. The first-order valence-corrected chi connectivity index (χ1v) is 9.43. The molecule has 1 N–H and O–H groups in total. The molecule has 2 aromatic rings. The molecule has 0 bridgehead atoms. The van der Waals surface area contributed by atoms with Gasteiger partial charge in [0.15, 0.2) is 5.17 Å². The van der Waals surface area contributed by atoms with Gasteiger partial charge in [-0.15, -0.1) is 5.10 Å². The maximum absolute atomic E-state index is 13.6. The third-order valence-electron chi connectivity index (χ3n) is 3.74. The fraction of sp³-hybridized carbons (Fsp3) is 0.100. The van der Waals surface area contributed by atoms with E-state index >= 15 is 0 Å². The van der Waals surface area contributed by atoms with Gasteiger partial charge in [0, 0.05) is 23.8 Å². The van der Waals surface area contributed by atoms with Gasteiger partial charge >= 0.3 is 5.97 Å². The standard InChI is InChI=1S/C20H14F3N3O4S/c1-29-18(27)8-17-19(28)25-20(31-17)26-24-9-12-2-3-13(21)7-16(12)30-10-11-4-14(22)6-15(23)5-11/h2-9H,10H2,1H3,(H,25,26,28)/b17-8+,24-9?. The molecule has 0 spiro atoms. The highest BCUT2D eigenvalue weighted by Gasteiger charge is 2.25. The second kappa shape index (κ2) is 9.94. The largest absolute Gasteiger partial charge is 0.488 e. The van der Waals surface area contributed by atoms with Gasteiger partial charge in [-0.25, -0.2) is 18.0 Å². The molecule has 1 aliphatic rings. The summed E-state index contributed by atoms with van der Waals surface area (Å²) in [6, 6.07) is 6.57. The van der Waals surface area contributed by atoms with Crippen molar-refractivity contribution in [1.29, 1.82) is 0 Å². The Balaban J connectivity index is 1.72. The zero-order valence-electron chi connectivity index (χ0n) is 15.9. The Labute approximate surface area is 178 Å². The van der Waals surface area contributed by atoms with E-state index in [0.717, 1.165) is 42.1 Å². The van der Waals surface area contributed by atoms with Crippen LogP contribution in [0.4, 0.5) is 13.2 Å². The van der Waals surface area contributed by atoms with Crippen molar-refractivity contribution in [1.82, 2.24) is 5.32 Å². The topological polar surface area (TPSA) is 89.3 Å². The number of methoxy groups -OCH3 is 1. The second-order valence-corrected chi connectivity index (χ2v) is 7.02. The third kappa shape index (κ3) is 6.19. The zero-order valence-corrected chi connectivity index (χ0v) is 16.7. The van der Waals surface area contributed by atoms with Crippen molar-refractivity contribution in [2.45, 2.75) is 6.61 Å². The molecule has 1 amide bonds.